The van der Waals surface area contributed by atoms with Crippen molar-refractivity contribution in [3.05, 3.63) is 21.9 Å². The Bertz CT molecular complexity index is 322. The number of likely N-dealkylation sites (N-methyl/N-ethyl adjacent to an activating group) is 1. The van der Waals surface area contributed by atoms with E-state index in [2.05, 4.69) is 24.4 Å². The van der Waals surface area contributed by atoms with Crippen LogP contribution >= 0.6 is 11.3 Å². The van der Waals surface area contributed by atoms with Crippen LogP contribution in [0.5, 0.6) is 0 Å². The summed E-state index contributed by atoms with van der Waals surface area (Å²) in [5.74, 6) is 0.144. The lowest BCUT2D eigenvalue weighted by atomic mass is 10.4. The molecule has 15 heavy (non-hydrogen) atoms. The standard InChI is InChI=1S/C11H18N2OS/c1-4-13(3)11(14)8-12-7-10-6-5-9(2)15-10/h5-6,12H,4,7-8H2,1-3H3. The second-order valence-electron chi connectivity index (χ2n) is 3.52. The van der Waals surface area contributed by atoms with Gasteiger partial charge in [0.1, 0.15) is 0 Å². The van der Waals surface area contributed by atoms with Crippen molar-refractivity contribution in [2.45, 2.75) is 20.4 Å². The van der Waals surface area contributed by atoms with E-state index in [9.17, 15) is 4.79 Å². The van der Waals surface area contributed by atoms with Gasteiger partial charge in [-0.15, -0.1) is 11.3 Å². The predicted molar refractivity (Wildman–Crippen MR) is 64.1 cm³/mol. The van der Waals surface area contributed by atoms with E-state index in [-0.39, 0.29) is 5.91 Å². The van der Waals surface area contributed by atoms with Crippen LogP contribution < -0.4 is 5.32 Å². The van der Waals surface area contributed by atoms with Crippen molar-refractivity contribution < 1.29 is 4.79 Å². The molecule has 1 aromatic heterocycles. The number of nitrogens with one attached hydrogen (secondary N) is 1. The first-order chi connectivity index (χ1) is 7.13. The van der Waals surface area contributed by atoms with E-state index >= 15 is 0 Å². The maximum atomic E-state index is 11.4. The third-order valence-corrected chi connectivity index (χ3v) is 3.27. The molecule has 1 N–H and O–H groups in total. The van der Waals surface area contributed by atoms with Gasteiger partial charge in [-0.25, -0.2) is 0 Å². The molecule has 1 amide bonds. The quantitative estimate of drug-likeness (QED) is 0.827. The van der Waals surface area contributed by atoms with Crippen LogP contribution in [0.25, 0.3) is 0 Å². The highest BCUT2D eigenvalue weighted by molar-refractivity contribution is 7.11. The number of carbonyl (C=O) groups is 1. The smallest absolute Gasteiger partial charge is 0.236 e. The number of hydrogen-bond acceptors (Lipinski definition) is 3. The summed E-state index contributed by atoms with van der Waals surface area (Å²) in [7, 11) is 1.82. The van der Waals surface area contributed by atoms with Gasteiger partial charge in [0.15, 0.2) is 0 Å². The Kier molecular flexibility index (Phi) is 4.78. The van der Waals surface area contributed by atoms with Gasteiger partial charge in [0, 0.05) is 29.9 Å². The van der Waals surface area contributed by atoms with Crippen molar-refractivity contribution in [2.24, 2.45) is 0 Å². The molecule has 1 heterocycles. The van der Waals surface area contributed by atoms with Crippen LogP contribution in [-0.4, -0.2) is 30.9 Å². The summed E-state index contributed by atoms with van der Waals surface area (Å²) in [6.07, 6.45) is 0. The van der Waals surface area contributed by atoms with Gasteiger partial charge in [-0.05, 0) is 26.0 Å². The summed E-state index contributed by atoms with van der Waals surface area (Å²) in [5.41, 5.74) is 0. The Morgan fingerprint density at radius 2 is 2.27 bits per heavy atom. The zero-order valence-corrected chi connectivity index (χ0v) is 10.4. The average molecular weight is 226 g/mol. The fraction of sp³-hybridized carbons (Fsp3) is 0.545. The van der Waals surface area contributed by atoms with Gasteiger partial charge in [-0.3, -0.25) is 4.79 Å². The highest BCUT2D eigenvalue weighted by Gasteiger charge is 2.05. The van der Waals surface area contributed by atoms with Gasteiger partial charge in [0.05, 0.1) is 6.54 Å². The SMILES string of the molecule is CCN(C)C(=O)CNCc1ccc(C)s1. The van der Waals surface area contributed by atoms with Crippen LogP contribution in [0.3, 0.4) is 0 Å². The largest absolute Gasteiger partial charge is 0.345 e. The normalized spacial score (nSPS) is 10.3. The molecule has 0 aromatic carbocycles. The second-order valence-corrected chi connectivity index (χ2v) is 4.90. The van der Waals surface area contributed by atoms with Crippen LogP contribution in [-0.2, 0) is 11.3 Å². The molecule has 0 saturated carbocycles. The van der Waals surface area contributed by atoms with Crippen molar-refractivity contribution in [2.75, 3.05) is 20.1 Å². The molecule has 0 fully saturated rings. The molecule has 1 rings (SSSR count). The van der Waals surface area contributed by atoms with Crippen LogP contribution in [0.4, 0.5) is 0 Å². The van der Waals surface area contributed by atoms with Gasteiger partial charge in [-0.1, -0.05) is 0 Å². The Morgan fingerprint density at radius 1 is 1.53 bits per heavy atom. The molecular formula is C11H18N2OS. The fourth-order valence-electron chi connectivity index (χ4n) is 1.18. The highest BCUT2D eigenvalue weighted by Crippen LogP contribution is 2.14. The zero-order chi connectivity index (χ0) is 11.3. The van der Waals surface area contributed by atoms with E-state index in [4.69, 9.17) is 0 Å². The summed E-state index contributed by atoms with van der Waals surface area (Å²) in [5, 5.41) is 3.15. The van der Waals surface area contributed by atoms with Crippen LogP contribution in [0, 0.1) is 6.92 Å². The van der Waals surface area contributed by atoms with E-state index < -0.39 is 0 Å². The summed E-state index contributed by atoms with van der Waals surface area (Å²) in [6, 6.07) is 4.20. The maximum Gasteiger partial charge on any atom is 0.236 e. The first-order valence-corrected chi connectivity index (χ1v) is 5.95. The zero-order valence-electron chi connectivity index (χ0n) is 9.54. The van der Waals surface area contributed by atoms with E-state index in [1.165, 1.54) is 9.75 Å². The number of thiophene rings is 1. The first kappa shape index (κ1) is 12.2. The van der Waals surface area contributed by atoms with Gasteiger partial charge in [0.2, 0.25) is 5.91 Å². The molecule has 0 aliphatic heterocycles. The van der Waals surface area contributed by atoms with E-state index in [1.807, 2.05) is 14.0 Å². The minimum Gasteiger partial charge on any atom is -0.345 e. The molecule has 0 spiro atoms. The molecule has 0 atom stereocenters. The summed E-state index contributed by atoms with van der Waals surface area (Å²) >= 11 is 1.77. The predicted octanol–water partition coefficient (Wildman–Crippen LogP) is 1.62. The third kappa shape index (κ3) is 4.01. The Hall–Kier alpha value is -0.870. The molecular weight excluding hydrogens is 208 g/mol. The molecule has 0 unspecified atom stereocenters. The Morgan fingerprint density at radius 3 is 2.80 bits per heavy atom. The van der Waals surface area contributed by atoms with E-state index in [0.29, 0.717) is 6.54 Å². The first-order valence-electron chi connectivity index (χ1n) is 5.13. The van der Waals surface area contributed by atoms with Gasteiger partial charge < -0.3 is 10.2 Å². The minimum atomic E-state index is 0.144. The van der Waals surface area contributed by atoms with Crippen molar-refractivity contribution in [1.29, 1.82) is 0 Å². The van der Waals surface area contributed by atoms with Crippen molar-refractivity contribution in [3.63, 3.8) is 0 Å². The topological polar surface area (TPSA) is 32.3 Å². The lowest BCUT2D eigenvalue weighted by Crippen LogP contribution is -2.34. The van der Waals surface area contributed by atoms with Gasteiger partial charge in [-0.2, -0.15) is 0 Å². The molecule has 3 nitrogen and oxygen atoms in total. The van der Waals surface area contributed by atoms with Gasteiger partial charge >= 0.3 is 0 Å². The number of aryl methyl sites for hydroxylation is 1. The molecule has 0 aliphatic carbocycles. The molecule has 84 valence electrons. The molecule has 4 heteroatoms. The van der Waals surface area contributed by atoms with Crippen LogP contribution in [0.1, 0.15) is 16.7 Å². The average Bonchev–Trinajstić information content (AvgIpc) is 2.63. The van der Waals surface area contributed by atoms with Crippen molar-refractivity contribution in [1.82, 2.24) is 10.2 Å². The second kappa shape index (κ2) is 5.88. The molecule has 0 bridgehead atoms. The van der Waals surface area contributed by atoms with Crippen molar-refractivity contribution >= 4 is 17.2 Å². The minimum absolute atomic E-state index is 0.144. The maximum absolute atomic E-state index is 11.4. The number of amides is 1. The lowest BCUT2D eigenvalue weighted by Gasteiger charge is -2.14. The number of rotatable bonds is 5. The van der Waals surface area contributed by atoms with Gasteiger partial charge in [0.25, 0.3) is 0 Å². The highest BCUT2D eigenvalue weighted by atomic mass is 32.1. The number of hydrogen-bond donors (Lipinski definition) is 1. The molecule has 0 saturated heterocycles. The Balaban J connectivity index is 2.24. The molecule has 1 aromatic rings. The summed E-state index contributed by atoms with van der Waals surface area (Å²) < 4.78 is 0. The van der Waals surface area contributed by atoms with E-state index in [1.54, 1.807) is 16.2 Å². The van der Waals surface area contributed by atoms with Crippen LogP contribution in [0.15, 0.2) is 12.1 Å². The lowest BCUT2D eigenvalue weighted by molar-refractivity contribution is -0.128. The fourth-order valence-corrected chi connectivity index (χ4v) is 2.04. The van der Waals surface area contributed by atoms with E-state index in [0.717, 1.165) is 13.1 Å². The monoisotopic (exact) mass is 226 g/mol. The summed E-state index contributed by atoms with van der Waals surface area (Å²) in [6.45, 7) is 6.02. The Labute approximate surface area is 95.1 Å². The third-order valence-electron chi connectivity index (χ3n) is 2.27. The molecule has 0 aliphatic rings. The van der Waals surface area contributed by atoms with Crippen molar-refractivity contribution in [3.8, 4) is 0 Å². The number of carbonyl (C=O) groups excluding carboxylic acids is 1. The molecule has 0 radical (unpaired) electrons. The summed E-state index contributed by atoms with van der Waals surface area (Å²) in [4.78, 5) is 15.7. The number of nitrogens with zero attached hydrogens (tertiary/aromatic N) is 1. The van der Waals surface area contributed by atoms with Crippen LogP contribution in [0.2, 0.25) is 0 Å².